The van der Waals surface area contributed by atoms with Gasteiger partial charge in [-0.25, -0.2) is 4.79 Å². The van der Waals surface area contributed by atoms with Crippen molar-refractivity contribution in [2.24, 2.45) is 0 Å². The van der Waals surface area contributed by atoms with Crippen LogP contribution in [0.5, 0.6) is 0 Å². The third-order valence-electron chi connectivity index (χ3n) is 3.72. The number of amides is 2. The van der Waals surface area contributed by atoms with Gasteiger partial charge in [0.2, 0.25) is 0 Å². The lowest BCUT2D eigenvalue weighted by Gasteiger charge is -2.35. The maximum Gasteiger partial charge on any atom is 0.317 e. The first-order chi connectivity index (χ1) is 9.20. The molecule has 19 heavy (non-hydrogen) atoms. The number of hydrogen-bond acceptors (Lipinski definition) is 1. The van der Waals surface area contributed by atoms with Gasteiger partial charge in [-0.05, 0) is 43.4 Å². The van der Waals surface area contributed by atoms with Gasteiger partial charge in [-0.2, -0.15) is 0 Å². The van der Waals surface area contributed by atoms with Gasteiger partial charge in [0.1, 0.15) is 0 Å². The maximum atomic E-state index is 12.2. The van der Waals surface area contributed by atoms with E-state index in [9.17, 15) is 4.79 Å². The van der Waals surface area contributed by atoms with Gasteiger partial charge in [-0.3, -0.25) is 0 Å². The second-order valence-corrected chi connectivity index (χ2v) is 5.47. The Morgan fingerprint density at radius 3 is 2.79 bits per heavy atom. The van der Waals surface area contributed by atoms with Gasteiger partial charge in [0.15, 0.2) is 0 Å². The molecule has 1 heterocycles. The van der Waals surface area contributed by atoms with E-state index in [0.717, 1.165) is 36.4 Å². The predicted octanol–water partition coefficient (Wildman–Crippen LogP) is 3.81. The molecule has 4 heteroatoms. The van der Waals surface area contributed by atoms with E-state index in [4.69, 9.17) is 11.6 Å². The molecule has 1 fully saturated rings. The lowest BCUT2D eigenvalue weighted by molar-refractivity contribution is 0.148. The Kier molecular flexibility index (Phi) is 5.08. The third-order valence-corrected chi connectivity index (χ3v) is 3.97. The molecular weight excluding hydrogens is 260 g/mol. The number of hydrogen-bond donors (Lipinski definition) is 1. The fourth-order valence-electron chi connectivity index (χ4n) is 2.57. The molecule has 1 atom stereocenters. The Morgan fingerprint density at radius 2 is 2.11 bits per heavy atom. The fraction of sp³-hybridized carbons (Fsp3) is 0.533. The van der Waals surface area contributed by atoms with Gasteiger partial charge >= 0.3 is 6.03 Å². The Labute approximate surface area is 119 Å². The summed E-state index contributed by atoms with van der Waals surface area (Å²) in [5, 5.41) is 3.72. The zero-order valence-corrected chi connectivity index (χ0v) is 12.1. The molecule has 0 bridgehead atoms. The first-order valence-electron chi connectivity index (χ1n) is 6.99. The molecule has 0 spiro atoms. The average molecular weight is 281 g/mol. The Balaban J connectivity index is 1.87. The van der Waals surface area contributed by atoms with E-state index in [1.807, 2.05) is 29.2 Å². The van der Waals surface area contributed by atoms with E-state index < -0.39 is 0 Å². The van der Waals surface area contributed by atoms with Crippen molar-refractivity contribution in [1.29, 1.82) is 0 Å². The van der Waals surface area contributed by atoms with Crippen molar-refractivity contribution in [3.63, 3.8) is 0 Å². The molecule has 1 aromatic rings. The SMILES string of the molecule is CCC1CCCCN1C(=O)NCc1ccc(Cl)cc1. The summed E-state index contributed by atoms with van der Waals surface area (Å²) in [6.07, 6.45) is 4.52. The highest BCUT2D eigenvalue weighted by Gasteiger charge is 2.24. The predicted molar refractivity (Wildman–Crippen MR) is 78.3 cm³/mol. The van der Waals surface area contributed by atoms with Crippen LogP contribution in [0.3, 0.4) is 0 Å². The highest BCUT2D eigenvalue weighted by atomic mass is 35.5. The minimum absolute atomic E-state index is 0.0569. The zero-order chi connectivity index (χ0) is 13.7. The maximum absolute atomic E-state index is 12.2. The number of likely N-dealkylation sites (tertiary alicyclic amines) is 1. The molecule has 0 saturated carbocycles. The summed E-state index contributed by atoms with van der Waals surface area (Å²) in [6.45, 7) is 3.59. The van der Waals surface area contributed by atoms with Crippen LogP contribution in [0.4, 0.5) is 4.79 Å². The molecule has 0 aromatic heterocycles. The van der Waals surface area contributed by atoms with Gasteiger partial charge in [0, 0.05) is 24.2 Å². The number of piperidine rings is 1. The number of nitrogens with zero attached hydrogens (tertiary/aromatic N) is 1. The van der Waals surface area contributed by atoms with Crippen LogP contribution in [0, 0.1) is 0 Å². The minimum Gasteiger partial charge on any atom is -0.334 e. The standard InChI is InChI=1S/C15H21ClN2O/c1-2-14-5-3-4-10-18(14)15(19)17-11-12-6-8-13(16)9-7-12/h6-9,14H,2-5,10-11H2,1H3,(H,17,19). The topological polar surface area (TPSA) is 32.3 Å². The summed E-state index contributed by atoms with van der Waals surface area (Å²) in [7, 11) is 0. The van der Waals surface area contributed by atoms with Crippen molar-refractivity contribution < 1.29 is 4.79 Å². The molecule has 1 aliphatic rings. The quantitative estimate of drug-likeness (QED) is 0.897. The molecule has 0 aliphatic carbocycles. The molecule has 2 rings (SSSR count). The Hall–Kier alpha value is -1.22. The molecule has 1 unspecified atom stereocenters. The zero-order valence-electron chi connectivity index (χ0n) is 11.4. The van der Waals surface area contributed by atoms with Crippen molar-refractivity contribution >= 4 is 17.6 Å². The van der Waals surface area contributed by atoms with Crippen molar-refractivity contribution in [3.8, 4) is 0 Å². The molecule has 3 nitrogen and oxygen atoms in total. The fourth-order valence-corrected chi connectivity index (χ4v) is 2.70. The first kappa shape index (κ1) is 14.2. The normalized spacial score (nSPS) is 19.3. The summed E-state index contributed by atoms with van der Waals surface area (Å²) >= 11 is 5.84. The molecule has 1 N–H and O–H groups in total. The van der Waals surface area contributed by atoms with Crippen LogP contribution >= 0.6 is 11.6 Å². The largest absolute Gasteiger partial charge is 0.334 e. The van der Waals surface area contributed by atoms with E-state index in [2.05, 4.69) is 12.2 Å². The summed E-state index contributed by atoms with van der Waals surface area (Å²) in [6, 6.07) is 8.03. The summed E-state index contributed by atoms with van der Waals surface area (Å²) in [5.74, 6) is 0. The van der Waals surface area contributed by atoms with Gasteiger partial charge in [-0.1, -0.05) is 30.7 Å². The lowest BCUT2D eigenvalue weighted by atomic mass is 10.0. The highest BCUT2D eigenvalue weighted by Crippen LogP contribution is 2.19. The molecular formula is C15H21ClN2O. The number of carbonyl (C=O) groups is 1. The molecule has 1 aliphatic heterocycles. The second-order valence-electron chi connectivity index (χ2n) is 5.04. The van der Waals surface area contributed by atoms with Crippen LogP contribution in [0.2, 0.25) is 5.02 Å². The number of rotatable bonds is 3. The smallest absolute Gasteiger partial charge is 0.317 e. The van der Waals surface area contributed by atoms with E-state index in [0.29, 0.717) is 12.6 Å². The third kappa shape index (κ3) is 3.87. The van der Waals surface area contributed by atoms with Crippen LogP contribution < -0.4 is 5.32 Å². The van der Waals surface area contributed by atoms with E-state index in [-0.39, 0.29) is 6.03 Å². The number of benzene rings is 1. The molecule has 0 radical (unpaired) electrons. The highest BCUT2D eigenvalue weighted by molar-refractivity contribution is 6.30. The lowest BCUT2D eigenvalue weighted by Crippen LogP contribution is -2.48. The molecule has 1 saturated heterocycles. The average Bonchev–Trinajstić information content (AvgIpc) is 2.46. The summed E-state index contributed by atoms with van der Waals surface area (Å²) in [5.41, 5.74) is 1.07. The minimum atomic E-state index is 0.0569. The molecule has 1 aromatic carbocycles. The van der Waals surface area contributed by atoms with Gasteiger partial charge < -0.3 is 10.2 Å². The molecule has 104 valence electrons. The van der Waals surface area contributed by atoms with Crippen molar-refractivity contribution in [2.75, 3.05) is 6.54 Å². The van der Waals surface area contributed by atoms with Gasteiger partial charge in [0.25, 0.3) is 0 Å². The van der Waals surface area contributed by atoms with Crippen LogP contribution in [-0.2, 0) is 6.54 Å². The van der Waals surface area contributed by atoms with Crippen LogP contribution in [0.25, 0.3) is 0 Å². The summed E-state index contributed by atoms with van der Waals surface area (Å²) in [4.78, 5) is 14.2. The number of urea groups is 1. The summed E-state index contributed by atoms with van der Waals surface area (Å²) < 4.78 is 0. The van der Waals surface area contributed by atoms with Crippen molar-refractivity contribution in [3.05, 3.63) is 34.9 Å². The second kappa shape index (κ2) is 6.80. The Morgan fingerprint density at radius 1 is 1.37 bits per heavy atom. The molecule has 2 amide bonds. The Bertz CT molecular complexity index is 419. The number of halogens is 1. The van der Waals surface area contributed by atoms with E-state index in [1.165, 1.54) is 6.42 Å². The van der Waals surface area contributed by atoms with E-state index >= 15 is 0 Å². The van der Waals surface area contributed by atoms with Crippen LogP contribution in [-0.4, -0.2) is 23.5 Å². The first-order valence-corrected chi connectivity index (χ1v) is 7.37. The van der Waals surface area contributed by atoms with Gasteiger partial charge in [-0.15, -0.1) is 0 Å². The van der Waals surface area contributed by atoms with E-state index in [1.54, 1.807) is 0 Å². The number of carbonyl (C=O) groups excluding carboxylic acids is 1. The van der Waals surface area contributed by atoms with Crippen molar-refractivity contribution in [1.82, 2.24) is 10.2 Å². The van der Waals surface area contributed by atoms with Crippen LogP contribution in [0.15, 0.2) is 24.3 Å². The van der Waals surface area contributed by atoms with Gasteiger partial charge in [0.05, 0.1) is 0 Å². The van der Waals surface area contributed by atoms with Crippen LogP contribution in [0.1, 0.15) is 38.2 Å². The van der Waals surface area contributed by atoms with Crippen molar-refractivity contribution in [2.45, 2.75) is 45.2 Å². The monoisotopic (exact) mass is 280 g/mol. The number of nitrogens with one attached hydrogen (secondary N) is 1.